The van der Waals surface area contributed by atoms with Crippen LogP contribution in [0, 0.1) is 19.8 Å². The first-order valence-corrected chi connectivity index (χ1v) is 9.37. The van der Waals surface area contributed by atoms with Gasteiger partial charge in [0.1, 0.15) is 5.75 Å². The monoisotopic (exact) mass is 501 g/mol. The fourth-order valence-electron chi connectivity index (χ4n) is 2.82. The van der Waals surface area contributed by atoms with E-state index in [1.807, 2.05) is 0 Å². The molecule has 2 rings (SSSR count). The maximum absolute atomic E-state index is 6.20. The zero-order valence-corrected chi connectivity index (χ0v) is 19.9. The molecule has 28 heavy (non-hydrogen) atoms. The van der Waals surface area contributed by atoms with Crippen LogP contribution in [0.1, 0.15) is 50.0 Å². The number of halogens is 1. The third-order valence-corrected chi connectivity index (χ3v) is 4.01. The Morgan fingerprint density at radius 1 is 1.18 bits per heavy atom. The highest BCUT2D eigenvalue weighted by molar-refractivity contribution is 14.0. The number of aryl methyl sites for hydroxylation is 2. The van der Waals surface area contributed by atoms with Gasteiger partial charge in [-0.15, -0.1) is 24.0 Å². The minimum atomic E-state index is 0. The molecule has 0 aliphatic heterocycles. The minimum Gasteiger partial charge on any atom is -0.490 e. The number of aliphatic imine (C=N–C) groups is 1. The van der Waals surface area contributed by atoms with Gasteiger partial charge in [0.25, 0.3) is 0 Å². The first-order chi connectivity index (χ1) is 12.9. The average molecular weight is 501 g/mol. The number of rotatable bonds is 8. The normalized spacial score (nSPS) is 12.5. The van der Waals surface area contributed by atoms with Gasteiger partial charge in [0.2, 0.25) is 5.89 Å². The van der Waals surface area contributed by atoms with Gasteiger partial charge in [-0.1, -0.05) is 31.1 Å². The van der Waals surface area contributed by atoms with Crippen molar-refractivity contribution in [1.82, 2.24) is 20.8 Å². The van der Waals surface area contributed by atoms with Gasteiger partial charge in [-0.05, 0) is 37.8 Å². The van der Waals surface area contributed by atoms with Gasteiger partial charge in [-0.2, -0.15) is 4.98 Å². The Balaban J connectivity index is 0.00000392. The van der Waals surface area contributed by atoms with Crippen LogP contribution in [0.5, 0.6) is 5.75 Å². The number of ether oxygens (including phenoxy) is 1. The molecule has 7 nitrogen and oxygen atoms in total. The number of hydrogen-bond acceptors (Lipinski definition) is 5. The van der Waals surface area contributed by atoms with Crippen molar-refractivity contribution < 1.29 is 9.26 Å². The fourth-order valence-corrected chi connectivity index (χ4v) is 2.82. The summed E-state index contributed by atoms with van der Waals surface area (Å²) in [7, 11) is 1.73. The standard InChI is InChI=1S/C20H31N5O2.HI/c1-13(2)9-15(4)26-18-10-14(3)7-8-17(18)11-22-20(21-6)23-12-19-24-16(5)27-25-19;/h7-8,10,13,15H,9,11-12H2,1-6H3,(H2,21,22,23);1H. The lowest BCUT2D eigenvalue weighted by molar-refractivity contribution is 0.191. The van der Waals surface area contributed by atoms with Crippen molar-refractivity contribution in [3.8, 4) is 5.75 Å². The van der Waals surface area contributed by atoms with Crippen molar-refractivity contribution in [2.24, 2.45) is 10.9 Å². The molecule has 8 heteroatoms. The van der Waals surface area contributed by atoms with Crippen molar-refractivity contribution in [3.05, 3.63) is 41.0 Å². The Kier molecular flexibility index (Phi) is 10.3. The Hall–Kier alpha value is -1.84. The van der Waals surface area contributed by atoms with Crippen LogP contribution in [0.15, 0.2) is 27.7 Å². The van der Waals surface area contributed by atoms with Crippen LogP contribution < -0.4 is 15.4 Å². The van der Waals surface area contributed by atoms with Crippen molar-refractivity contribution in [2.75, 3.05) is 7.05 Å². The van der Waals surface area contributed by atoms with Crippen LogP contribution in [-0.2, 0) is 13.1 Å². The van der Waals surface area contributed by atoms with Gasteiger partial charge < -0.3 is 19.9 Å². The van der Waals surface area contributed by atoms with E-state index in [9.17, 15) is 0 Å². The molecule has 1 heterocycles. The van der Waals surface area contributed by atoms with Crippen LogP contribution in [0.4, 0.5) is 0 Å². The number of nitrogens with zero attached hydrogens (tertiary/aromatic N) is 3. The molecule has 2 aromatic rings. The van der Waals surface area contributed by atoms with Crippen LogP contribution in [0.3, 0.4) is 0 Å². The smallest absolute Gasteiger partial charge is 0.223 e. The molecule has 156 valence electrons. The number of nitrogens with one attached hydrogen (secondary N) is 2. The van der Waals surface area contributed by atoms with Gasteiger partial charge in [0, 0.05) is 26.1 Å². The molecule has 1 unspecified atom stereocenters. The fraction of sp³-hybridized carbons (Fsp3) is 0.550. The predicted molar refractivity (Wildman–Crippen MR) is 122 cm³/mol. The lowest BCUT2D eigenvalue weighted by Crippen LogP contribution is -2.36. The van der Waals surface area contributed by atoms with Gasteiger partial charge in [-0.3, -0.25) is 4.99 Å². The average Bonchev–Trinajstić information content (AvgIpc) is 3.01. The summed E-state index contributed by atoms with van der Waals surface area (Å²) in [6.45, 7) is 11.4. The number of hydrogen-bond donors (Lipinski definition) is 2. The summed E-state index contributed by atoms with van der Waals surface area (Å²) in [5, 5.41) is 10.4. The number of guanidine groups is 1. The summed E-state index contributed by atoms with van der Waals surface area (Å²) in [5.74, 6) is 3.33. The maximum atomic E-state index is 6.20. The molecular weight excluding hydrogens is 469 g/mol. The quantitative estimate of drug-likeness (QED) is 0.324. The molecule has 1 aromatic heterocycles. The molecule has 0 saturated carbocycles. The van der Waals surface area contributed by atoms with E-state index in [1.165, 1.54) is 5.56 Å². The van der Waals surface area contributed by atoms with E-state index < -0.39 is 0 Å². The second-order valence-electron chi connectivity index (χ2n) is 7.18. The first-order valence-electron chi connectivity index (χ1n) is 9.37. The Labute approximate surface area is 184 Å². The Morgan fingerprint density at radius 2 is 1.89 bits per heavy atom. The van der Waals surface area contributed by atoms with Crippen LogP contribution in [0.25, 0.3) is 0 Å². The second kappa shape index (κ2) is 11.9. The third-order valence-electron chi connectivity index (χ3n) is 4.01. The Morgan fingerprint density at radius 3 is 2.50 bits per heavy atom. The largest absolute Gasteiger partial charge is 0.490 e. The summed E-state index contributed by atoms with van der Waals surface area (Å²) in [5.41, 5.74) is 2.27. The van der Waals surface area contributed by atoms with Crippen molar-refractivity contribution in [2.45, 2.75) is 60.2 Å². The molecule has 2 N–H and O–H groups in total. The van der Waals surface area contributed by atoms with E-state index in [2.05, 4.69) is 71.7 Å². The molecule has 0 radical (unpaired) electrons. The van der Waals surface area contributed by atoms with Crippen LogP contribution >= 0.6 is 24.0 Å². The molecule has 0 spiro atoms. The maximum Gasteiger partial charge on any atom is 0.223 e. The predicted octanol–water partition coefficient (Wildman–Crippen LogP) is 3.98. The zero-order valence-electron chi connectivity index (χ0n) is 17.6. The van der Waals surface area contributed by atoms with E-state index in [-0.39, 0.29) is 30.1 Å². The summed E-state index contributed by atoms with van der Waals surface area (Å²) in [6.07, 6.45) is 1.19. The summed E-state index contributed by atoms with van der Waals surface area (Å²) in [6, 6.07) is 6.27. The highest BCUT2D eigenvalue weighted by Crippen LogP contribution is 2.23. The van der Waals surface area contributed by atoms with E-state index in [0.29, 0.717) is 36.7 Å². The molecule has 0 bridgehead atoms. The van der Waals surface area contributed by atoms with E-state index >= 15 is 0 Å². The van der Waals surface area contributed by atoms with Gasteiger partial charge in [0.05, 0.1) is 12.6 Å². The van der Waals surface area contributed by atoms with Crippen molar-refractivity contribution >= 4 is 29.9 Å². The van der Waals surface area contributed by atoms with Gasteiger partial charge in [0.15, 0.2) is 11.8 Å². The van der Waals surface area contributed by atoms with Crippen molar-refractivity contribution in [1.29, 1.82) is 0 Å². The van der Waals surface area contributed by atoms with Crippen molar-refractivity contribution in [3.63, 3.8) is 0 Å². The summed E-state index contributed by atoms with van der Waals surface area (Å²) < 4.78 is 11.2. The minimum absolute atomic E-state index is 0. The molecule has 0 aliphatic carbocycles. The molecule has 1 aromatic carbocycles. The van der Waals surface area contributed by atoms with Crippen LogP contribution in [-0.4, -0.2) is 29.3 Å². The van der Waals surface area contributed by atoms with Gasteiger partial charge in [-0.25, -0.2) is 0 Å². The summed E-state index contributed by atoms with van der Waals surface area (Å²) >= 11 is 0. The highest BCUT2D eigenvalue weighted by atomic mass is 127. The lowest BCUT2D eigenvalue weighted by Gasteiger charge is -2.20. The molecule has 0 fully saturated rings. The lowest BCUT2D eigenvalue weighted by atomic mass is 10.1. The number of benzene rings is 1. The molecule has 0 amide bonds. The molecular formula is C20H32IN5O2. The first kappa shape index (κ1) is 24.2. The van der Waals surface area contributed by atoms with Gasteiger partial charge >= 0.3 is 0 Å². The zero-order chi connectivity index (χ0) is 19.8. The molecule has 0 aliphatic rings. The highest BCUT2D eigenvalue weighted by Gasteiger charge is 2.11. The third kappa shape index (κ3) is 8.04. The Bertz CT molecular complexity index is 761. The van der Waals surface area contributed by atoms with Crippen LogP contribution in [0.2, 0.25) is 0 Å². The molecule has 1 atom stereocenters. The summed E-state index contributed by atoms with van der Waals surface area (Å²) in [4.78, 5) is 8.41. The SMILES string of the molecule is CN=C(NCc1noc(C)n1)NCc1ccc(C)cc1OC(C)CC(C)C.I. The number of aromatic nitrogens is 2. The second-order valence-corrected chi connectivity index (χ2v) is 7.18. The van der Waals surface area contributed by atoms with E-state index in [4.69, 9.17) is 9.26 Å². The van der Waals surface area contributed by atoms with E-state index in [1.54, 1.807) is 14.0 Å². The molecule has 0 saturated heterocycles. The topological polar surface area (TPSA) is 84.6 Å². The van der Waals surface area contributed by atoms with E-state index in [0.717, 1.165) is 17.7 Å².